The van der Waals surface area contributed by atoms with E-state index in [0.717, 1.165) is 17.0 Å². The Morgan fingerprint density at radius 2 is 1.68 bits per heavy atom. The van der Waals surface area contributed by atoms with Gasteiger partial charge in [0.25, 0.3) is 11.6 Å². The van der Waals surface area contributed by atoms with Crippen molar-refractivity contribution < 1.29 is 19.2 Å². The molecule has 3 aromatic carbocycles. The summed E-state index contributed by atoms with van der Waals surface area (Å²) < 4.78 is 12.4. The Labute approximate surface area is 222 Å². The number of nitro groups is 1. The van der Waals surface area contributed by atoms with Gasteiger partial charge in [-0.1, -0.05) is 23.9 Å². The topological polar surface area (TPSA) is 134 Å². The lowest BCUT2D eigenvalue weighted by molar-refractivity contribution is -0.384. The van der Waals surface area contributed by atoms with Crippen LogP contribution in [-0.4, -0.2) is 51.3 Å². The molecule has 0 fully saturated rings. The molecule has 38 heavy (non-hydrogen) atoms. The van der Waals surface area contributed by atoms with Gasteiger partial charge in [0.05, 0.1) is 30.6 Å². The lowest BCUT2D eigenvalue weighted by Crippen LogP contribution is -2.21. The van der Waals surface area contributed by atoms with Gasteiger partial charge in [0.15, 0.2) is 11.0 Å². The van der Waals surface area contributed by atoms with Crippen molar-refractivity contribution in [2.24, 2.45) is 5.10 Å². The minimum Gasteiger partial charge on any atom is -0.497 e. The third kappa shape index (κ3) is 6.16. The van der Waals surface area contributed by atoms with E-state index in [2.05, 4.69) is 20.7 Å². The van der Waals surface area contributed by atoms with E-state index in [-0.39, 0.29) is 17.3 Å². The number of nitrogens with one attached hydrogen (secondary N) is 1. The van der Waals surface area contributed by atoms with Crippen molar-refractivity contribution in [1.29, 1.82) is 0 Å². The van der Waals surface area contributed by atoms with Gasteiger partial charge in [0, 0.05) is 28.9 Å². The zero-order valence-corrected chi connectivity index (χ0v) is 21.6. The van der Waals surface area contributed by atoms with Crippen LogP contribution in [0.3, 0.4) is 0 Å². The molecule has 0 aliphatic heterocycles. The first kappa shape index (κ1) is 26.4. The van der Waals surface area contributed by atoms with Crippen LogP contribution in [0.1, 0.15) is 12.5 Å². The van der Waals surface area contributed by atoms with Crippen LogP contribution >= 0.6 is 11.8 Å². The van der Waals surface area contributed by atoms with E-state index < -0.39 is 4.92 Å². The van der Waals surface area contributed by atoms with Crippen molar-refractivity contribution in [3.05, 3.63) is 88.5 Å². The maximum absolute atomic E-state index is 12.6. The number of hydrogen-bond donors (Lipinski definition) is 1. The number of amides is 1. The monoisotopic (exact) mass is 532 g/mol. The number of ether oxygens (including phenoxy) is 2. The lowest BCUT2D eigenvalue weighted by atomic mass is 10.1. The number of rotatable bonds is 10. The van der Waals surface area contributed by atoms with E-state index in [1.807, 2.05) is 53.1 Å². The Hall–Kier alpha value is -4.71. The molecule has 1 heterocycles. The van der Waals surface area contributed by atoms with Gasteiger partial charge in [-0.15, -0.1) is 10.2 Å². The van der Waals surface area contributed by atoms with Crippen molar-refractivity contribution in [2.45, 2.75) is 12.1 Å². The molecule has 11 nitrogen and oxygen atoms in total. The van der Waals surface area contributed by atoms with E-state index in [1.165, 1.54) is 23.9 Å². The lowest BCUT2D eigenvalue weighted by Gasteiger charge is -2.11. The minimum atomic E-state index is -0.481. The van der Waals surface area contributed by atoms with E-state index >= 15 is 0 Å². The van der Waals surface area contributed by atoms with Gasteiger partial charge in [-0.3, -0.25) is 19.5 Å². The van der Waals surface area contributed by atoms with Gasteiger partial charge in [-0.05, 0) is 55.5 Å². The van der Waals surface area contributed by atoms with Crippen LogP contribution in [0, 0.1) is 10.1 Å². The van der Waals surface area contributed by atoms with E-state index in [1.54, 1.807) is 33.3 Å². The zero-order chi connectivity index (χ0) is 27.1. The fraction of sp³-hybridized carbons (Fsp3) is 0.154. The number of methoxy groups -OCH3 is 2. The summed E-state index contributed by atoms with van der Waals surface area (Å²) in [6, 6.07) is 20.9. The highest BCUT2D eigenvalue weighted by atomic mass is 32.2. The van der Waals surface area contributed by atoms with Crippen molar-refractivity contribution in [3.8, 4) is 28.6 Å². The molecule has 194 valence electrons. The smallest absolute Gasteiger partial charge is 0.270 e. The number of non-ortho nitro benzene ring substituents is 1. The highest BCUT2D eigenvalue weighted by molar-refractivity contribution is 7.99. The molecule has 1 N–H and O–H groups in total. The highest BCUT2D eigenvalue weighted by Crippen LogP contribution is 2.29. The second kappa shape index (κ2) is 12.0. The molecule has 0 saturated heterocycles. The standard InChI is InChI=1S/C26H24N6O5S/c1-17(19-5-4-6-21(15-19)32(34)35)27-28-24(33)16-38-26-30-29-25(18-7-11-22(36-2)12-8-18)31(26)20-9-13-23(37-3)14-10-20/h4-15H,16H2,1-3H3,(H,28,33)/b27-17+. The third-order valence-electron chi connectivity index (χ3n) is 5.47. The number of thioether (sulfide) groups is 1. The van der Waals surface area contributed by atoms with Crippen LogP contribution in [0.15, 0.2) is 83.1 Å². The highest BCUT2D eigenvalue weighted by Gasteiger charge is 2.18. The summed E-state index contributed by atoms with van der Waals surface area (Å²) in [4.78, 5) is 23.1. The normalized spacial score (nSPS) is 11.2. The van der Waals surface area contributed by atoms with Crippen LogP contribution in [0.25, 0.3) is 17.1 Å². The molecule has 0 radical (unpaired) electrons. The Bertz CT molecular complexity index is 1470. The van der Waals surface area contributed by atoms with E-state index in [4.69, 9.17) is 9.47 Å². The van der Waals surface area contributed by atoms with Crippen molar-refractivity contribution in [3.63, 3.8) is 0 Å². The number of hydrogen-bond acceptors (Lipinski definition) is 9. The van der Waals surface area contributed by atoms with Gasteiger partial charge in [-0.25, -0.2) is 5.43 Å². The molecule has 0 bridgehead atoms. The Kier molecular flexibility index (Phi) is 8.34. The average molecular weight is 533 g/mol. The van der Waals surface area contributed by atoms with Gasteiger partial charge in [-0.2, -0.15) is 5.10 Å². The summed E-state index contributed by atoms with van der Waals surface area (Å²) in [5, 5.41) is 24.3. The summed E-state index contributed by atoms with van der Waals surface area (Å²) in [7, 11) is 3.20. The van der Waals surface area contributed by atoms with Crippen LogP contribution in [0.4, 0.5) is 5.69 Å². The number of hydrazone groups is 1. The zero-order valence-electron chi connectivity index (χ0n) is 20.8. The number of benzene rings is 3. The minimum absolute atomic E-state index is 0.0165. The second-order valence-electron chi connectivity index (χ2n) is 7.90. The largest absolute Gasteiger partial charge is 0.497 e. The molecule has 1 amide bonds. The number of aromatic nitrogens is 3. The quantitative estimate of drug-likeness (QED) is 0.137. The molecule has 12 heteroatoms. The predicted octanol–water partition coefficient (Wildman–Crippen LogP) is 4.49. The molecule has 0 atom stereocenters. The third-order valence-corrected chi connectivity index (χ3v) is 6.40. The SMILES string of the molecule is COc1ccc(-c2nnc(SCC(=O)N/N=C(\C)c3cccc([N+](=O)[O-])c3)n2-c2ccc(OC)cc2)cc1. The number of carbonyl (C=O) groups excluding carboxylic acids is 1. The molecular formula is C26H24N6O5S. The van der Waals surface area contributed by atoms with Crippen LogP contribution < -0.4 is 14.9 Å². The maximum Gasteiger partial charge on any atom is 0.270 e. The summed E-state index contributed by atoms with van der Waals surface area (Å²) in [6.07, 6.45) is 0. The molecule has 4 aromatic rings. The number of carbonyl (C=O) groups is 1. The molecular weight excluding hydrogens is 508 g/mol. The van der Waals surface area contributed by atoms with Gasteiger partial charge in [0.1, 0.15) is 11.5 Å². The van der Waals surface area contributed by atoms with Gasteiger partial charge in [0.2, 0.25) is 0 Å². The summed E-state index contributed by atoms with van der Waals surface area (Å²) in [5.74, 6) is 1.67. The Balaban J connectivity index is 1.53. The number of nitrogens with zero attached hydrogens (tertiary/aromatic N) is 5. The Morgan fingerprint density at radius 1 is 1.03 bits per heavy atom. The first-order chi connectivity index (χ1) is 18.4. The fourth-order valence-electron chi connectivity index (χ4n) is 3.47. The number of nitro benzene ring substituents is 1. The van der Waals surface area contributed by atoms with E-state index in [9.17, 15) is 14.9 Å². The maximum atomic E-state index is 12.6. The first-order valence-corrected chi connectivity index (χ1v) is 12.3. The Morgan fingerprint density at radius 3 is 2.32 bits per heavy atom. The molecule has 0 saturated carbocycles. The predicted molar refractivity (Wildman–Crippen MR) is 144 cm³/mol. The van der Waals surface area contributed by atoms with Gasteiger partial charge >= 0.3 is 0 Å². The van der Waals surface area contributed by atoms with Crippen molar-refractivity contribution in [1.82, 2.24) is 20.2 Å². The van der Waals surface area contributed by atoms with Crippen LogP contribution in [-0.2, 0) is 4.79 Å². The molecule has 1 aromatic heterocycles. The summed E-state index contributed by atoms with van der Waals surface area (Å²) in [6.45, 7) is 1.66. The summed E-state index contributed by atoms with van der Waals surface area (Å²) >= 11 is 1.20. The average Bonchev–Trinajstić information content (AvgIpc) is 3.38. The molecule has 0 unspecified atom stereocenters. The van der Waals surface area contributed by atoms with Crippen molar-refractivity contribution >= 4 is 29.1 Å². The van der Waals surface area contributed by atoms with Crippen molar-refractivity contribution in [2.75, 3.05) is 20.0 Å². The fourth-order valence-corrected chi connectivity index (χ4v) is 4.22. The summed E-state index contributed by atoms with van der Waals surface area (Å²) in [5.41, 5.74) is 5.04. The van der Waals surface area contributed by atoms with Crippen LogP contribution in [0.5, 0.6) is 11.5 Å². The molecule has 4 rings (SSSR count). The molecule has 0 spiro atoms. The second-order valence-corrected chi connectivity index (χ2v) is 8.84. The van der Waals surface area contributed by atoms with E-state index in [0.29, 0.717) is 28.0 Å². The molecule has 0 aliphatic carbocycles. The molecule has 0 aliphatic rings. The van der Waals surface area contributed by atoms with Gasteiger partial charge < -0.3 is 9.47 Å². The van der Waals surface area contributed by atoms with Crippen LogP contribution in [0.2, 0.25) is 0 Å². The first-order valence-electron chi connectivity index (χ1n) is 11.3.